The van der Waals surface area contributed by atoms with Gasteiger partial charge < -0.3 is 9.64 Å². The molecule has 0 bridgehead atoms. The first-order chi connectivity index (χ1) is 12.6. The van der Waals surface area contributed by atoms with Crippen LogP contribution < -0.4 is 9.64 Å². The molecule has 3 aromatic rings. The molecule has 1 aromatic heterocycles. The molecule has 26 heavy (non-hydrogen) atoms. The van der Waals surface area contributed by atoms with Gasteiger partial charge in [-0.15, -0.1) is 0 Å². The summed E-state index contributed by atoms with van der Waals surface area (Å²) in [7, 11) is 1.69. The lowest BCUT2D eigenvalue weighted by molar-refractivity contribution is -0.113. The van der Waals surface area contributed by atoms with E-state index in [0.29, 0.717) is 11.3 Å². The monoisotopic (exact) mass is 348 g/mol. The Kier molecular flexibility index (Phi) is 5.39. The van der Waals surface area contributed by atoms with Crippen molar-refractivity contribution < 1.29 is 13.9 Å². The van der Waals surface area contributed by atoms with Crippen molar-refractivity contribution in [2.24, 2.45) is 0 Å². The van der Waals surface area contributed by atoms with Gasteiger partial charge in [0.1, 0.15) is 5.75 Å². The van der Waals surface area contributed by atoms with Gasteiger partial charge in [-0.1, -0.05) is 24.3 Å². The third-order valence-corrected chi connectivity index (χ3v) is 3.71. The van der Waals surface area contributed by atoms with E-state index in [1.54, 1.807) is 37.5 Å². The summed E-state index contributed by atoms with van der Waals surface area (Å²) in [6, 6.07) is 17.2. The van der Waals surface area contributed by atoms with Crippen molar-refractivity contribution in [2.75, 3.05) is 11.9 Å². The zero-order valence-electron chi connectivity index (χ0n) is 14.2. The third kappa shape index (κ3) is 4.33. The maximum absolute atomic E-state index is 14.2. The average molecular weight is 348 g/mol. The highest BCUT2D eigenvalue weighted by Crippen LogP contribution is 2.25. The Bertz CT molecular complexity index is 912. The predicted octanol–water partition coefficient (Wildman–Crippen LogP) is 4.69. The summed E-state index contributed by atoms with van der Waals surface area (Å²) in [5.74, 6) is -0.163. The fourth-order valence-corrected chi connectivity index (χ4v) is 2.30. The second kappa shape index (κ2) is 8.07. The number of halogens is 1. The van der Waals surface area contributed by atoms with Crippen molar-refractivity contribution >= 4 is 17.7 Å². The van der Waals surface area contributed by atoms with Crippen molar-refractivity contribution in [2.45, 2.75) is 0 Å². The van der Waals surface area contributed by atoms with Crippen LogP contribution in [0.15, 0.2) is 79.1 Å². The zero-order valence-corrected chi connectivity index (χ0v) is 14.2. The van der Waals surface area contributed by atoms with Crippen LogP contribution >= 0.6 is 0 Å². The van der Waals surface area contributed by atoms with Crippen molar-refractivity contribution in [3.05, 3.63) is 90.5 Å². The first kappa shape index (κ1) is 17.4. The molecule has 0 aliphatic heterocycles. The van der Waals surface area contributed by atoms with Gasteiger partial charge in [-0.2, -0.15) is 0 Å². The van der Waals surface area contributed by atoms with Crippen LogP contribution in [0.25, 0.3) is 6.08 Å². The van der Waals surface area contributed by atoms with E-state index >= 15 is 0 Å². The smallest absolute Gasteiger partial charge is 0.250 e. The number of anilines is 1. The number of rotatable bonds is 5. The van der Waals surface area contributed by atoms with Crippen LogP contribution in [0.4, 0.5) is 10.1 Å². The molecular formula is C21H17FN2O2. The van der Waals surface area contributed by atoms with Gasteiger partial charge in [0.2, 0.25) is 0 Å². The molecule has 0 unspecified atom stereocenters. The topological polar surface area (TPSA) is 42.4 Å². The molecule has 0 radical (unpaired) electrons. The minimum atomic E-state index is -0.514. The van der Waals surface area contributed by atoms with Gasteiger partial charge in [0, 0.05) is 25.0 Å². The summed E-state index contributed by atoms with van der Waals surface area (Å²) < 4.78 is 19.7. The van der Waals surface area contributed by atoms with E-state index < -0.39 is 5.82 Å². The molecule has 0 spiro atoms. The lowest BCUT2D eigenvalue weighted by Gasteiger charge is -2.14. The highest BCUT2D eigenvalue weighted by Gasteiger charge is 2.08. The SMILES string of the molecule is CN(C(=O)/C=C/c1ccc(Oc2cccnc2)c(F)c1)c1ccccc1. The van der Waals surface area contributed by atoms with E-state index in [0.717, 1.165) is 5.69 Å². The van der Waals surface area contributed by atoms with E-state index in [1.165, 1.54) is 29.3 Å². The normalized spacial score (nSPS) is 10.7. The first-order valence-corrected chi connectivity index (χ1v) is 8.02. The van der Waals surface area contributed by atoms with Crippen molar-refractivity contribution in [3.63, 3.8) is 0 Å². The fraction of sp³-hybridized carbons (Fsp3) is 0.0476. The third-order valence-electron chi connectivity index (χ3n) is 3.71. The Morgan fingerprint density at radius 1 is 1.12 bits per heavy atom. The van der Waals surface area contributed by atoms with Crippen LogP contribution in [0, 0.1) is 5.82 Å². The molecule has 0 saturated carbocycles. The lowest BCUT2D eigenvalue weighted by atomic mass is 10.2. The number of likely N-dealkylation sites (N-methyl/N-ethyl adjacent to an activating group) is 1. The van der Waals surface area contributed by atoms with E-state index in [1.807, 2.05) is 30.3 Å². The fourth-order valence-electron chi connectivity index (χ4n) is 2.30. The lowest BCUT2D eigenvalue weighted by Crippen LogP contribution is -2.23. The number of para-hydroxylation sites is 1. The molecule has 0 atom stereocenters. The zero-order chi connectivity index (χ0) is 18.4. The summed E-state index contributed by atoms with van der Waals surface area (Å²) in [5, 5.41) is 0. The first-order valence-electron chi connectivity index (χ1n) is 8.02. The maximum atomic E-state index is 14.2. The summed E-state index contributed by atoms with van der Waals surface area (Å²) in [6.45, 7) is 0. The summed E-state index contributed by atoms with van der Waals surface area (Å²) in [5.41, 5.74) is 1.35. The van der Waals surface area contributed by atoms with Gasteiger partial charge in [0.05, 0.1) is 6.20 Å². The van der Waals surface area contributed by atoms with Crippen molar-refractivity contribution in [3.8, 4) is 11.5 Å². The summed E-state index contributed by atoms with van der Waals surface area (Å²) >= 11 is 0. The van der Waals surface area contributed by atoms with Gasteiger partial charge in [-0.05, 0) is 48.0 Å². The van der Waals surface area contributed by atoms with Crippen LogP contribution in [-0.4, -0.2) is 17.9 Å². The minimum absolute atomic E-state index is 0.0999. The van der Waals surface area contributed by atoms with Crippen molar-refractivity contribution in [1.82, 2.24) is 4.98 Å². The molecule has 0 fully saturated rings. The number of ether oxygens (including phenoxy) is 1. The Morgan fingerprint density at radius 3 is 2.62 bits per heavy atom. The number of hydrogen-bond donors (Lipinski definition) is 0. The number of hydrogen-bond acceptors (Lipinski definition) is 3. The molecule has 0 aliphatic rings. The molecule has 4 nitrogen and oxygen atoms in total. The van der Waals surface area contributed by atoms with Crippen LogP contribution in [-0.2, 0) is 4.79 Å². The molecule has 0 saturated heterocycles. The second-order valence-electron chi connectivity index (χ2n) is 5.55. The number of pyridine rings is 1. The van der Waals surface area contributed by atoms with E-state index in [-0.39, 0.29) is 11.7 Å². The molecule has 3 rings (SSSR count). The van der Waals surface area contributed by atoms with Gasteiger partial charge in [0.25, 0.3) is 5.91 Å². The van der Waals surface area contributed by atoms with Gasteiger partial charge in [-0.3, -0.25) is 9.78 Å². The highest BCUT2D eigenvalue weighted by molar-refractivity contribution is 6.03. The van der Waals surface area contributed by atoms with Gasteiger partial charge in [-0.25, -0.2) is 4.39 Å². The van der Waals surface area contributed by atoms with Crippen LogP contribution in [0.3, 0.4) is 0 Å². The maximum Gasteiger partial charge on any atom is 0.250 e. The molecule has 1 heterocycles. The number of aromatic nitrogens is 1. The molecule has 0 N–H and O–H groups in total. The van der Waals surface area contributed by atoms with E-state index in [2.05, 4.69) is 4.98 Å². The number of nitrogens with zero attached hydrogens (tertiary/aromatic N) is 2. The number of benzene rings is 2. The molecule has 2 aromatic carbocycles. The highest BCUT2D eigenvalue weighted by atomic mass is 19.1. The Hall–Kier alpha value is -3.47. The Morgan fingerprint density at radius 2 is 1.92 bits per heavy atom. The van der Waals surface area contributed by atoms with Gasteiger partial charge in [0.15, 0.2) is 11.6 Å². The standard InChI is InChI=1S/C21H17FN2O2/c1-24(17-6-3-2-4-7-17)21(25)12-10-16-9-11-20(19(22)14-16)26-18-8-5-13-23-15-18/h2-15H,1H3/b12-10+. The molecule has 1 amide bonds. The largest absolute Gasteiger partial charge is 0.453 e. The van der Waals surface area contributed by atoms with Crippen molar-refractivity contribution in [1.29, 1.82) is 0 Å². The molecule has 130 valence electrons. The second-order valence-corrected chi connectivity index (χ2v) is 5.55. The van der Waals surface area contributed by atoms with E-state index in [9.17, 15) is 9.18 Å². The summed E-state index contributed by atoms with van der Waals surface area (Å²) in [6.07, 6.45) is 6.09. The molecule has 0 aliphatic carbocycles. The minimum Gasteiger partial charge on any atom is -0.453 e. The Labute approximate surface area is 151 Å². The summed E-state index contributed by atoms with van der Waals surface area (Å²) in [4.78, 5) is 17.7. The number of carbonyl (C=O) groups is 1. The number of carbonyl (C=O) groups excluding carboxylic acids is 1. The van der Waals surface area contributed by atoms with Crippen LogP contribution in [0.1, 0.15) is 5.56 Å². The molecular weight excluding hydrogens is 331 g/mol. The predicted molar refractivity (Wildman–Crippen MR) is 99.6 cm³/mol. The average Bonchev–Trinajstić information content (AvgIpc) is 2.69. The quantitative estimate of drug-likeness (QED) is 0.628. The van der Waals surface area contributed by atoms with Gasteiger partial charge >= 0.3 is 0 Å². The van der Waals surface area contributed by atoms with Crippen LogP contribution in [0.5, 0.6) is 11.5 Å². The van der Waals surface area contributed by atoms with E-state index in [4.69, 9.17) is 4.74 Å². The number of amides is 1. The van der Waals surface area contributed by atoms with Crippen LogP contribution in [0.2, 0.25) is 0 Å². The Balaban J connectivity index is 1.69. The molecule has 5 heteroatoms.